The third-order valence-electron chi connectivity index (χ3n) is 3.42. The molecule has 2 rings (SSSR count). The molecule has 5 unspecified atom stereocenters. The zero-order valence-electron chi connectivity index (χ0n) is 9.87. The van der Waals surface area contributed by atoms with Crippen LogP contribution >= 0.6 is 0 Å². The van der Waals surface area contributed by atoms with Crippen molar-refractivity contribution in [1.82, 2.24) is 20.9 Å². The maximum absolute atomic E-state index is 5.52. The van der Waals surface area contributed by atoms with Crippen LogP contribution in [-0.2, 0) is 4.74 Å². The number of hydrogen-bond donors (Lipinski definition) is 4. The Bertz CT molecular complexity index is 227. The van der Waals surface area contributed by atoms with Crippen molar-refractivity contribution in [2.75, 3.05) is 34.9 Å². The minimum absolute atomic E-state index is 0.0960. The van der Waals surface area contributed by atoms with Crippen LogP contribution in [0.4, 0.5) is 0 Å². The Morgan fingerprint density at radius 3 is 2.80 bits per heavy atom. The summed E-state index contributed by atoms with van der Waals surface area (Å²) in [4.78, 5) is 3.81. The van der Waals surface area contributed by atoms with Gasteiger partial charge in [-0.3, -0.25) is 16.0 Å². The summed E-state index contributed by atoms with van der Waals surface area (Å²) >= 11 is 0. The van der Waals surface area contributed by atoms with Crippen LogP contribution in [0, 0.1) is 0 Å². The molecule has 0 radical (unpaired) electrons. The van der Waals surface area contributed by atoms with Gasteiger partial charge in [0, 0.05) is 7.11 Å². The smallest absolute Gasteiger partial charge is 0.165 e. The van der Waals surface area contributed by atoms with E-state index in [2.05, 4.69) is 34.9 Å². The maximum Gasteiger partial charge on any atom is 0.165 e. The Balaban J connectivity index is 2.13. The molecule has 2 saturated heterocycles. The van der Waals surface area contributed by atoms with E-state index in [1.54, 1.807) is 7.11 Å². The lowest BCUT2D eigenvalue weighted by Gasteiger charge is -2.39. The molecule has 2 aliphatic heterocycles. The van der Waals surface area contributed by atoms with E-state index in [0.29, 0.717) is 12.2 Å². The summed E-state index contributed by atoms with van der Waals surface area (Å²) in [7, 11) is 8.05. The molecule has 4 N–H and O–H groups in total. The van der Waals surface area contributed by atoms with Crippen molar-refractivity contribution in [3.63, 3.8) is 0 Å². The van der Waals surface area contributed by atoms with E-state index in [0.717, 1.165) is 6.67 Å². The van der Waals surface area contributed by atoms with Gasteiger partial charge in [0.1, 0.15) is 19.1 Å². The zero-order valence-corrected chi connectivity index (χ0v) is 9.87. The van der Waals surface area contributed by atoms with Crippen LogP contribution in [0.5, 0.6) is 0 Å². The molecule has 5 atom stereocenters. The molecule has 88 valence electrons. The van der Waals surface area contributed by atoms with E-state index in [1.807, 2.05) is 7.05 Å². The molecule has 0 amide bonds. The summed E-state index contributed by atoms with van der Waals surface area (Å²) in [6.45, 7) is 1.04. The summed E-state index contributed by atoms with van der Waals surface area (Å²) in [5.74, 6) is 0. The van der Waals surface area contributed by atoms with E-state index in [9.17, 15) is 0 Å². The molecule has 0 aromatic carbocycles. The summed E-state index contributed by atoms with van der Waals surface area (Å²) in [6.07, 6.45) is 0.580. The van der Waals surface area contributed by atoms with Gasteiger partial charge in [0.2, 0.25) is 0 Å². The number of methoxy groups -OCH3 is 1. The molecular formula is C9H22N5O+. The minimum Gasteiger partial charge on any atom is -0.360 e. The highest BCUT2D eigenvalue weighted by atomic mass is 16.5. The Morgan fingerprint density at radius 1 is 1.47 bits per heavy atom. The molecule has 0 bridgehead atoms. The monoisotopic (exact) mass is 216 g/mol. The number of nitrogens with zero attached hydrogens (tertiary/aromatic N) is 1. The van der Waals surface area contributed by atoms with Gasteiger partial charge in [0.25, 0.3) is 0 Å². The fraction of sp³-hybridized carbons (Fsp3) is 1.00. The number of rotatable bonds is 2. The van der Waals surface area contributed by atoms with E-state index in [4.69, 9.17) is 4.74 Å². The average Bonchev–Trinajstić information content (AvgIpc) is 2.53. The van der Waals surface area contributed by atoms with Crippen molar-refractivity contribution >= 4 is 0 Å². The molecule has 2 aliphatic rings. The van der Waals surface area contributed by atoms with Crippen LogP contribution in [0.15, 0.2) is 0 Å². The van der Waals surface area contributed by atoms with Crippen molar-refractivity contribution < 1.29 is 9.64 Å². The van der Waals surface area contributed by atoms with Gasteiger partial charge in [0.15, 0.2) is 12.3 Å². The highest BCUT2D eigenvalue weighted by Crippen LogP contribution is 2.11. The number of fused-ring (bicyclic) bond motifs is 1. The Kier molecular flexibility index (Phi) is 3.24. The highest BCUT2D eigenvalue weighted by Gasteiger charge is 2.49. The molecule has 15 heavy (non-hydrogen) atoms. The quantitative estimate of drug-likeness (QED) is 0.391. The Hall–Kier alpha value is -0.240. The molecule has 0 aromatic heterocycles. The largest absolute Gasteiger partial charge is 0.360 e. The molecule has 0 spiro atoms. The van der Waals surface area contributed by atoms with E-state index in [1.165, 1.54) is 4.90 Å². The maximum atomic E-state index is 5.52. The topological polar surface area (TPSA) is 53.0 Å². The van der Waals surface area contributed by atoms with Gasteiger partial charge in [-0.15, -0.1) is 0 Å². The van der Waals surface area contributed by atoms with Crippen molar-refractivity contribution in [2.45, 2.75) is 24.7 Å². The van der Waals surface area contributed by atoms with Gasteiger partial charge in [-0.25, -0.2) is 4.90 Å². The second-order valence-corrected chi connectivity index (χ2v) is 4.44. The van der Waals surface area contributed by atoms with Gasteiger partial charge >= 0.3 is 0 Å². The molecule has 0 saturated carbocycles. The van der Waals surface area contributed by atoms with Crippen LogP contribution in [0.2, 0.25) is 0 Å². The lowest BCUT2D eigenvalue weighted by molar-refractivity contribution is -0.901. The Morgan fingerprint density at radius 2 is 2.20 bits per heavy atom. The molecular weight excluding hydrogens is 194 g/mol. The van der Waals surface area contributed by atoms with Crippen molar-refractivity contribution in [3.05, 3.63) is 0 Å². The first kappa shape index (κ1) is 11.3. The lowest BCUT2D eigenvalue weighted by atomic mass is 10.1. The fourth-order valence-electron chi connectivity index (χ4n) is 2.66. The molecule has 6 heteroatoms. The second-order valence-electron chi connectivity index (χ2n) is 4.44. The predicted molar refractivity (Wildman–Crippen MR) is 57.0 cm³/mol. The number of likely N-dealkylation sites (N-methyl/N-ethyl adjacent to an activating group) is 2. The van der Waals surface area contributed by atoms with Crippen molar-refractivity contribution in [3.8, 4) is 0 Å². The summed E-state index contributed by atoms with van der Waals surface area (Å²) in [6, 6.07) is 0.435. The molecule has 0 aliphatic carbocycles. The van der Waals surface area contributed by atoms with Crippen LogP contribution in [0.25, 0.3) is 0 Å². The van der Waals surface area contributed by atoms with Crippen molar-refractivity contribution in [1.29, 1.82) is 0 Å². The van der Waals surface area contributed by atoms with Gasteiger partial charge in [-0.2, -0.15) is 0 Å². The van der Waals surface area contributed by atoms with Gasteiger partial charge in [-0.05, 0) is 14.1 Å². The average molecular weight is 216 g/mol. The standard InChI is InChI=1S/C9H21N5O/c1-10-9-11-7-6(8(12-9)15-4)13(2)5-14(7)3/h6-12H,5H2,1-4H3/p+1. The van der Waals surface area contributed by atoms with E-state index >= 15 is 0 Å². The first-order valence-corrected chi connectivity index (χ1v) is 5.42. The van der Waals surface area contributed by atoms with Crippen molar-refractivity contribution in [2.24, 2.45) is 0 Å². The number of ether oxygens (including phenoxy) is 1. The van der Waals surface area contributed by atoms with Crippen LogP contribution in [0.1, 0.15) is 0 Å². The normalized spacial score (nSPS) is 46.8. The number of hydrogen-bond acceptors (Lipinski definition) is 5. The highest BCUT2D eigenvalue weighted by molar-refractivity contribution is 4.90. The van der Waals surface area contributed by atoms with Crippen LogP contribution < -0.4 is 20.9 Å². The lowest BCUT2D eigenvalue weighted by Crippen LogP contribution is -3.14. The molecule has 2 fully saturated rings. The van der Waals surface area contributed by atoms with E-state index in [-0.39, 0.29) is 12.5 Å². The molecule has 0 aromatic rings. The zero-order chi connectivity index (χ0) is 11.0. The number of nitrogens with one attached hydrogen (secondary N) is 4. The van der Waals surface area contributed by atoms with Gasteiger partial charge in [0.05, 0.1) is 7.05 Å². The summed E-state index contributed by atoms with van der Waals surface area (Å²) in [5.41, 5.74) is 0. The SMILES string of the molecule is CNC1NC(OC)C2C(N1)N(C)C[NH+]2C. The van der Waals surface area contributed by atoms with Crippen LogP contribution in [0.3, 0.4) is 0 Å². The minimum atomic E-state index is 0.0960. The summed E-state index contributed by atoms with van der Waals surface area (Å²) < 4.78 is 5.52. The predicted octanol–water partition coefficient (Wildman–Crippen LogP) is -3.23. The third-order valence-corrected chi connectivity index (χ3v) is 3.42. The number of quaternary nitrogens is 1. The van der Waals surface area contributed by atoms with E-state index < -0.39 is 0 Å². The summed E-state index contributed by atoms with van der Waals surface area (Å²) in [5, 5.41) is 10.1. The molecule has 6 nitrogen and oxygen atoms in total. The third kappa shape index (κ3) is 1.89. The molecule has 2 heterocycles. The van der Waals surface area contributed by atoms with Crippen LogP contribution in [-0.4, -0.2) is 64.5 Å². The van der Waals surface area contributed by atoms with Gasteiger partial charge < -0.3 is 9.64 Å². The fourth-order valence-corrected chi connectivity index (χ4v) is 2.66. The first-order chi connectivity index (χ1) is 7.17. The second kappa shape index (κ2) is 4.32. The Labute approximate surface area is 90.9 Å². The van der Waals surface area contributed by atoms with Gasteiger partial charge in [-0.1, -0.05) is 0 Å². The first-order valence-electron chi connectivity index (χ1n) is 5.42.